The van der Waals surface area contributed by atoms with E-state index in [0.29, 0.717) is 17.4 Å². The van der Waals surface area contributed by atoms with Crippen molar-refractivity contribution in [3.8, 4) is 0 Å². The zero-order valence-corrected chi connectivity index (χ0v) is 47.7. The van der Waals surface area contributed by atoms with Crippen LogP contribution in [0.3, 0.4) is 0 Å². The largest absolute Gasteiger partial charge is 0.756 e. The Kier molecular flexibility index (Phi) is 49.4. The van der Waals surface area contributed by atoms with Gasteiger partial charge in [0.1, 0.15) is 19.3 Å². The number of phosphoric acid groups is 1. The highest BCUT2D eigenvalue weighted by Crippen LogP contribution is 2.38. The minimum Gasteiger partial charge on any atom is -0.756 e. The molecule has 3 atom stereocenters. The van der Waals surface area contributed by atoms with Gasteiger partial charge < -0.3 is 28.5 Å². The number of allylic oxidation sites excluding steroid dienone is 1. The molecule has 1 amide bonds. The third-order valence-corrected chi connectivity index (χ3v) is 14.7. The van der Waals surface area contributed by atoms with Crippen molar-refractivity contribution in [2.45, 2.75) is 315 Å². The lowest BCUT2D eigenvalue weighted by Gasteiger charge is -2.30. The molecule has 0 spiro atoms. The molecule has 0 aromatic heterocycles. The van der Waals surface area contributed by atoms with E-state index in [1.165, 1.54) is 212 Å². The molecule has 69 heavy (non-hydrogen) atoms. The number of phosphoric ester groups is 1. The molecular formula is C59H117N2O7P. The van der Waals surface area contributed by atoms with Crippen molar-refractivity contribution in [1.29, 1.82) is 0 Å². The third kappa shape index (κ3) is 51.5. The van der Waals surface area contributed by atoms with Crippen LogP contribution in [-0.4, -0.2) is 69.4 Å². The van der Waals surface area contributed by atoms with Crippen LogP contribution in [-0.2, 0) is 27.9 Å². The molecule has 0 aliphatic rings. The Morgan fingerprint density at radius 2 is 0.826 bits per heavy atom. The lowest BCUT2D eigenvalue weighted by atomic mass is 10.0. The van der Waals surface area contributed by atoms with Gasteiger partial charge in [-0.1, -0.05) is 271 Å². The first kappa shape index (κ1) is 67.8. The SMILES string of the molecule is CCCCCCCCCCC/C=C\C(OC(=O)CCCCCCCCCCCCCCCCCCCCCCC)C(COP(=O)([O-])OCC[N+](C)(C)C)NC(=O)CCCCCCCCCCCCC. The zero-order valence-electron chi connectivity index (χ0n) is 46.8. The van der Waals surface area contributed by atoms with Gasteiger partial charge in [-0.3, -0.25) is 14.2 Å². The number of rotatable bonds is 55. The van der Waals surface area contributed by atoms with Crippen molar-refractivity contribution in [2.75, 3.05) is 40.9 Å². The van der Waals surface area contributed by atoms with Crippen LogP contribution in [0.25, 0.3) is 0 Å². The van der Waals surface area contributed by atoms with E-state index in [2.05, 4.69) is 26.1 Å². The summed E-state index contributed by atoms with van der Waals surface area (Å²) >= 11 is 0. The number of hydrogen-bond acceptors (Lipinski definition) is 7. The van der Waals surface area contributed by atoms with E-state index in [-0.39, 0.29) is 31.5 Å². The molecule has 0 heterocycles. The fourth-order valence-corrected chi connectivity index (χ4v) is 9.78. The first-order chi connectivity index (χ1) is 33.4. The first-order valence-corrected chi connectivity index (χ1v) is 31.5. The van der Waals surface area contributed by atoms with Crippen LogP contribution in [0.5, 0.6) is 0 Å². The third-order valence-electron chi connectivity index (χ3n) is 13.7. The molecule has 0 fully saturated rings. The number of unbranched alkanes of at least 4 members (excludes halogenated alkanes) is 39. The predicted octanol–water partition coefficient (Wildman–Crippen LogP) is 17.4. The van der Waals surface area contributed by atoms with Gasteiger partial charge in [-0.25, -0.2) is 0 Å². The second kappa shape index (κ2) is 50.3. The minimum absolute atomic E-state index is 0.0171. The molecule has 410 valence electrons. The summed E-state index contributed by atoms with van der Waals surface area (Å²) in [5, 5.41) is 3.02. The monoisotopic (exact) mass is 997 g/mol. The van der Waals surface area contributed by atoms with Crippen LogP contribution in [0.4, 0.5) is 0 Å². The summed E-state index contributed by atoms with van der Waals surface area (Å²) in [5.41, 5.74) is 0. The van der Waals surface area contributed by atoms with Gasteiger partial charge in [-0.15, -0.1) is 0 Å². The number of likely N-dealkylation sites (N-methyl/N-ethyl adjacent to an activating group) is 1. The number of carbonyl (C=O) groups is 2. The molecular weight excluding hydrogens is 880 g/mol. The van der Waals surface area contributed by atoms with Crippen LogP contribution in [0.2, 0.25) is 0 Å². The van der Waals surface area contributed by atoms with Gasteiger partial charge in [-0.05, 0) is 31.8 Å². The number of amides is 1. The summed E-state index contributed by atoms with van der Waals surface area (Å²) in [6.07, 6.45) is 56.1. The predicted molar refractivity (Wildman–Crippen MR) is 294 cm³/mol. The molecule has 0 aliphatic carbocycles. The van der Waals surface area contributed by atoms with Crippen LogP contribution in [0, 0.1) is 0 Å². The average molecular weight is 998 g/mol. The van der Waals surface area contributed by atoms with Gasteiger partial charge >= 0.3 is 5.97 Å². The van der Waals surface area contributed by atoms with Gasteiger partial charge in [0, 0.05) is 12.8 Å². The van der Waals surface area contributed by atoms with Crippen LogP contribution in [0.15, 0.2) is 12.2 Å². The number of nitrogens with one attached hydrogen (secondary N) is 1. The highest BCUT2D eigenvalue weighted by Gasteiger charge is 2.27. The number of carbonyl (C=O) groups excluding carboxylic acids is 2. The topological polar surface area (TPSA) is 114 Å². The van der Waals surface area contributed by atoms with Gasteiger partial charge in [0.15, 0.2) is 0 Å². The summed E-state index contributed by atoms with van der Waals surface area (Å²) in [6.45, 7) is 6.87. The maximum atomic E-state index is 13.4. The Hall–Kier alpha value is -1.25. The Morgan fingerprint density at radius 3 is 1.19 bits per heavy atom. The maximum absolute atomic E-state index is 13.4. The maximum Gasteiger partial charge on any atom is 0.306 e. The Bertz CT molecular complexity index is 1190. The van der Waals surface area contributed by atoms with E-state index in [4.69, 9.17) is 13.8 Å². The lowest BCUT2D eigenvalue weighted by Crippen LogP contribution is -2.47. The van der Waals surface area contributed by atoms with E-state index in [1.54, 1.807) is 0 Å². The highest BCUT2D eigenvalue weighted by molar-refractivity contribution is 7.45. The normalized spacial score (nSPS) is 13.8. The van der Waals surface area contributed by atoms with Crippen molar-refractivity contribution in [3.05, 3.63) is 12.2 Å². The van der Waals surface area contributed by atoms with Gasteiger partial charge in [0.2, 0.25) is 5.91 Å². The summed E-state index contributed by atoms with van der Waals surface area (Å²) in [6, 6.07) is -0.877. The summed E-state index contributed by atoms with van der Waals surface area (Å²) in [5.74, 6) is -0.524. The molecule has 0 bridgehead atoms. The molecule has 10 heteroatoms. The number of esters is 1. The van der Waals surface area contributed by atoms with Crippen LogP contribution >= 0.6 is 7.82 Å². The van der Waals surface area contributed by atoms with Gasteiger partial charge in [-0.2, -0.15) is 0 Å². The lowest BCUT2D eigenvalue weighted by molar-refractivity contribution is -0.870. The highest BCUT2D eigenvalue weighted by atomic mass is 31.2. The van der Waals surface area contributed by atoms with Gasteiger partial charge in [0.05, 0.1) is 33.8 Å². The van der Waals surface area contributed by atoms with Crippen molar-refractivity contribution < 1.29 is 37.3 Å². The minimum atomic E-state index is -4.68. The summed E-state index contributed by atoms with van der Waals surface area (Å²) in [4.78, 5) is 39.8. The molecule has 0 saturated heterocycles. The second-order valence-electron chi connectivity index (χ2n) is 21.9. The smallest absolute Gasteiger partial charge is 0.306 e. The van der Waals surface area contributed by atoms with Crippen molar-refractivity contribution in [2.24, 2.45) is 0 Å². The standard InChI is InChI=1S/C59H117N2O7P/c1-7-10-13-16-19-22-25-26-27-28-29-30-31-32-33-34-37-40-43-46-49-52-59(63)68-57(50-47-44-41-38-35-23-20-17-14-11-8-2)56(55-67-69(64,65)66-54-53-61(4,5)6)60-58(62)51-48-45-42-39-36-24-21-18-15-12-9-3/h47,50,56-57H,7-46,48-49,51-55H2,1-6H3,(H-,60,62,64,65)/b50-47-. The average Bonchev–Trinajstić information content (AvgIpc) is 3.31. The molecule has 0 saturated carbocycles. The van der Waals surface area contributed by atoms with E-state index >= 15 is 0 Å². The molecule has 0 rings (SSSR count). The number of hydrogen-bond donors (Lipinski definition) is 1. The second-order valence-corrected chi connectivity index (χ2v) is 23.3. The quantitative estimate of drug-likeness (QED) is 0.0212. The van der Waals surface area contributed by atoms with Crippen molar-refractivity contribution >= 4 is 19.7 Å². The zero-order chi connectivity index (χ0) is 50.8. The van der Waals surface area contributed by atoms with Crippen molar-refractivity contribution in [3.63, 3.8) is 0 Å². The summed E-state index contributed by atoms with van der Waals surface area (Å²) < 4.78 is 30.2. The Labute approximate surface area is 429 Å². The molecule has 9 nitrogen and oxygen atoms in total. The van der Waals surface area contributed by atoms with Crippen molar-refractivity contribution in [1.82, 2.24) is 5.32 Å². The van der Waals surface area contributed by atoms with Gasteiger partial charge in [0.25, 0.3) is 7.82 Å². The van der Waals surface area contributed by atoms with Crippen LogP contribution < -0.4 is 10.2 Å². The molecule has 0 radical (unpaired) electrons. The number of ether oxygens (including phenoxy) is 1. The van der Waals surface area contributed by atoms with E-state index in [1.807, 2.05) is 33.3 Å². The van der Waals surface area contributed by atoms with E-state index in [9.17, 15) is 19.0 Å². The molecule has 1 N–H and O–H groups in total. The van der Waals surface area contributed by atoms with E-state index in [0.717, 1.165) is 57.8 Å². The van der Waals surface area contributed by atoms with E-state index < -0.39 is 20.0 Å². The molecule has 3 unspecified atom stereocenters. The van der Waals surface area contributed by atoms with Crippen LogP contribution in [0.1, 0.15) is 303 Å². The Balaban J connectivity index is 5.11. The molecule has 0 aromatic rings. The molecule has 0 aromatic carbocycles. The Morgan fingerprint density at radius 1 is 0.493 bits per heavy atom. The number of quaternary nitrogens is 1. The summed E-state index contributed by atoms with van der Waals surface area (Å²) in [7, 11) is 1.20. The number of nitrogens with zero attached hydrogens (tertiary/aromatic N) is 1. The fraction of sp³-hybridized carbons (Fsp3) is 0.932. The molecule has 0 aliphatic heterocycles. The first-order valence-electron chi connectivity index (χ1n) is 30.0. The fourth-order valence-electron chi connectivity index (χ4n) is 9.05.